The fourth-order valence-corrected chi connectivity index (χ4v) is 1.80. The van der Waals surface area contributed by atoms with Crippen LogP contribution in [0.3, 0.4) is 0 Å². The molecule has 1 aliphatic heterocycles. The molecule has 94 valence electrons. The first-order chi connectivity index (χ1) is 8.42. The van der Waals surface area contributed by atoms with Gasteiger partial charge in [-0.05, 0) is 12.8 Å². The molecule has 1 atom stereocenters. The van der Waals surface area contributed by atoms with Crippen molar-refractivity contribution in [3.8, 4) is 0 Å². The molecule has 0 spiro atoms. The van der Waals surface area contributed by atoms with Crippen molar-refractivity contribution in [2.45, 2.75) is 31.4 Å². The first-order valence-corrected chi connectivity index (χ1v) is 6.17. The summed E-state index contributed by atoms with van der Waals surface area (Å²) in [5.41, 5.74) is 0. The first kappa shape index (κ1) is 11.1. The van der Waals surface area contributed by atoms with Crippen molar-refractivity contribution in [3.63, 3.8) is 0 Å². The Hall–Kier alpha value is -0.980. The molecule has 1 aromatic heterocycles. The second-order valence-electron chi connectivity index (χ2n) is 4.45. The Balaban J connectivity index is 1.49. The summed E-state index contributed by atoms with van der Waals surface area (Å²) < 4.78 is 16.4. The van der Waals surface area contributed by atoms with Crippen LogP contribution in [0.25, 0.3) is 0 Å². The molecule has 1 saturated heterocycles. The molecule has 2 heterocycles. The number of nitrogens with zero attached hydrogens (tertiary/aromatic N) is 2. The Morgan fingerprint density at radius 3 is 2.94 bits per heavy atom. The van der Waals surface area contributed by atoms with E-state index in [1.807, 2.05) is 0 Å². The predicted molar refractivity (Wildman–Crippen MR) is 58.5 cm³/mol. The van der Waals surface area contributed by atoms with Crippen LogP contribution in [-0.4, -0.2) is 42.6 Å². The van der Waals surface area contributed by atoms with E-state index in [0.29, 0.717) is 37.6 Å². The minimum atomic E-state index is -0.193. The quantitative estimate of drug-likeness (QED) is 0.804. The lowest BCUT2D eigenvalue weighted by Crippen LogP contribution is -2.22. The molecular weight excluding hydrogens is 222 g/mol. The van der Waals surface area contributed by atoms with Gasteiger partial charge in [0, 0.05) is 19.0 Å². The fraction of sp³-hybridized carbons (Fsp3) is 0.818. The molecule has 0 bridgehead atoms. The molecular formula is C11H17N3O3. The average Bonchev–Trinajstić information content (AvgIpc) is 3.07. The Morgan fingerprint density at radius 2 is 2.18 bits per heavy atom. The molecule has 6 heteroatoms. The molecule has 17 heavy (non-hydrogen) atoms. The van der Waals surface area contributed by atoms with Gasteiger partial charge in [0.1, 0.15) is 0 Å². The van der Waals surface area contributed by atoms with E-state index in [4.69, 9.17) is 13.9 Å². The highest BCUT2D eigenvalue weighted by Gasteiger charge is 2.23. The van der Waals surface area contributed by atoms with Crippen LogP contribution in [0, 0.1) is 0 Å². The smallest absolute Gasteiger partial charge is 0.247 e. The van der Waals surface area contributed by atoms with Gasteiger partial charge in [-0.15, -0.1) is 10.2 Å². The van der Waals surface area contributed by atoms with E-state index in [9.17, 15) is 0 Å². The highest BCUT2D eigenvalue weighted by Crippen LogP contribution is 2.20. The number of hydrogen-bond acceptors (Lipinski definition) is 6. The second-order valence-corrected chi connectivity index (χ2v) is 4.45. The van der Waals surface area contributed by atoms with E-state index in [1.165, 1.54) is 12.8 Å². The van der Waals surface area contributed by atoms with Crippen molar-refractivity contribution in [2.75, 3.05) is 26.4 Å². The number of hydrogen-bond donors (Lipinski definition) is 1. The van der Waals surface area contributed by atoms with Gasteiger partial charge < -0.3 is 19.2 Å². The van der Waals surface area contributed by atoms with Gasteiger partial charge in [0.2, 0.25) is 11.8 Å². The first-order valence-electron chi connectivity index (χ1n) is 6.17. The van der Waals surface area contributed by atoms with Crippen LogP contribution in [0.5, 0.6) is 0 Å². The van der Waals surface area contributed by atoms with E-state index in [2.05, 4.69) is 15.5 Å². The SMILES string of the molecule is C(Cc1nnc(C2COCCO2)o1)NC1CC1. The van der Waals surface area contributed by atoms with Crippen LogP contribution in [0.1, 0.15) is 30.7 Å². The van der Waals surface area contributed by atoms with Gasteiger partial charge in [-0.3, -0.25) is 0 Å². The zero-order valence-electron chi connectivity index (χ0n) is 9.72. The zero-order valence-corrected chi connectivity index (χ0v) is 9.72. The van der Waals surface area contributed by atoms with Gasteiger partial charge in [0.25, 0.3) is 0 Å². The monoisotopic (exact) mass is 239 g/mol. The van der Waals surface area contributed by atoms with Crippen LogP contribution < -0.4 is 5.32 Å². The standard InChI is InChI=1S/C11H17N3O3/c1-2-8(1)12-4-3-10-13-14-11(17-10)9-7-15-5-6-16-9/h8-9,12H,1-7H2. The Bertz CT molecular complexity index is 359. The minimum absolute atomic E-state index is 0.193. The second kappa shape index (κ2) is 5.12. The summed E-state index contributed by atoms with van der Waals surface area (Å²) in [6.07, 6.45) is 3.17. The minimum Gasteiger partial charge on any atom is -0.422 e. The van der Waals surface area contributed by atoms with Gasteiger partial charge in [0.15, 0.2) is 6.10 Å². The zero-order chi connectivity index (χ0) is 11.5. The van der Waals surface area contributed by atoms with Crippen molar-refractivity contribution in [1.82, 2.24) is 15.5 Å². The van der Waals surface area contributed by atoms with Gasteiger partial charge in [-0.1, -0.05) is 0 Å². The maximum Gasteiger partial charge on any atom is 0.247 e. The lowest BCUT2D eigenvalue weighted by atomic mass is 10.3. The van der Waals surface area contributed by atoms with Crippen molar-refractivity contribution in [1.29, 1.82) is 0 Å². The third-order valence-electron chi connectivity index (χ3n) is 2.92. The fourth-order valence-electron chi connectivity index (χ4n) is 1.80. The molecule has 0 aromatic carbocycles. The largest absolute Gasteiger partial charge is 0.422 e. The summed E-state index contributed by atoms with van der Waals surface area (Å²) in [5.74, 6) is 1.20. The molecule has 6 nitrogen and oxygen atoms in total. The molecule has 1 saturated carbocycles. The Morgan fingerprint density at radius 1 is 1.24 bits per heavy atom. The van der Waals surface area contributed by atoms with Crippen LogP contribution in [-0.2, 0) is 15.9 Å². The Kier molecular flexibility index (Phi) is 3.35. The Labute approximate surface area is 99.7 Å². The highest BCUT2D eigenvalue weighted by molar-refractivity contribution is 4.89. The van der Waals surface area contributed by atoms with Crippen molar-refractivity contribution in [3.05, 3.63) is 11.8 Å². The summed E-state index contributed by atoms with van der Waals surface area (Å²) in [5, 5.41) is 11.4. The predicted octanol–water partition coefficient (Wildman–Crippen LogP) is 0.452. The highest BCUT2D eigenvalue weighted by atomic mass is 16.6. The van der Waals surface area contributed by atoms with Crippen molar-refractivity contribution >= 4 is 0 Å². The number of nitrogens with one attached hydrogen (secondary N) is 1. The lowest BCUT2D eigenvalue weighted by molar-refractivity contribution is -0.0998. The molecule has 2 aliphatic rings. The van der Waals surface area contributed by atoms with E-state index in [-0.39, 0.29) is 6.10 Å². The lowest BCUT2D eigenvalue weighted by Gasteiger charge is -2.19. The summed E-state index contributed by atoms with van der Waals surface area (Å²) in [6.45, 7) is 2.63. The van der Waals surface area contributed by atoms with E-state index < -0.39 is 0 Å². The van der Waals surface area contributed by atoms with Gasteiger partial charge >= 0.3 is 0 Å². The third kappa shape index (κ3) is 3.02. The van der Waals surface area contributed by atoms with Gasteiger partial charge in [-0.2, -0.15) is 0 Å². The third-order valence-corrected chi connectivity index (χ3v) is 2.92. The maximum atomic E-state index is 5.56. The van der Waals surface area contributed by atoms with Gasteiger partial charge in [-0.25, -0.2) is 0 Å². The average molecular weight is 239 g/mol. The molecule has 3 rings (SSSR count). The number of rotatable bonds is 5. The molecule has 1 aliphatic carbocycles. The molecule has 1 aromatic rings. The number of aromatic nitrogens is 2. The normalized spacial score (nSPS) is 25.1. The summed E-state index contributed by atoms with van der Waals surface area (Å²) in [7, 11) is 0. The van der Waals surface area contributed by atoms with E-state index in [0.717, 1.165) is 13.0 Å². The summed E-state index contributed by atoms with van der Waals surface area (Å²) in [6, 6.07) is 0.715. The van der Waals surface area contributed by atoms with E-state index in [1.54, 1.807) is 0 Å². The molecule has 0 amide bonds. The van der Waals surface area contributed by atoms with Crippen LogP contribution >= 0.6 is 0 Å². The topological polar surface area (TPSA) is 69.4 Å². The molecule has 0 radical (unpaired) electrons. The molecule has 1 unspecified atom stereocenters. The van der Waals surface area contributed by atoms with E-state index >= 15 is 0 Å². The van der Waals surface area contributed by atoms with Crippen molar-refractivity contribution in [2.24, 2.45) is 0 Å². The maximum absolute atomic E-state index is 5.56. The van der Waals surface area contributed by atoms with Crippen molar-refractivity contribution < 1.29 is 13.9 Å². The van der Waals surface area contributed by atoms with Crippen LogP contribution in [0.2, 0.25) is 0 Å². The summed E-state index contributed by atoms with van der Waals surface area (Å²) in [4.78, 5) is 0. The van der Waals surface area contributed by atoms with Crippen LogP contribution in [0.15, 0.2) is 4.42 Å². The van der Waals surface area contributed by atoms with Crippen LogP contribution in [0.4, 0.5) is 0 Å². The van der Waals surface area contributed by atoms with Gasteiger partial charge in [0.05, 0.1) is 19.8 Å². The molecule has 2 fully saturated rings. The summed E-state index contributed by atoms with van der Waals surface area (Å²) >= 11 is 0. The number of ether oxygens (including phenoxy) is 2. The molecule has 1 N–H and O–H groups in total.